The first-order chi connectivity index (χ1) is 7.63. The Hall–Kier alpha value is -0.710. The van der Waals surface area contributed by atoms with Gasteiger partial charge < -0.3 is 10.5 Å². The molecule has 1 rings (SSSR count). The standard InChI is InChI=1S/C12H17NO2S.ClH/c1-9-3-5-10(6-4-9)7-16-8-11(13)12(14)15-2;/h3-6,11H,7-8,13H2,1-2H3;1H/t11-;/m0./s1. The predicted octanol–water partition coefficient (Wildman–Crippen LogP) is 2.15. The van der Waals surface area contributed by atoms with E-state index in [2.05, 4.69) is 35.9 Å². The molecule has 0 aliphatic rings. The Morgan fingerprint density at radius 1 is 1.41 bits per heavy atom. The maximum atomic E-state index is 11.0. The van der Waals surface area contributed by atoms with Crippen molar-refractivity contribution in [1.82, 2.24) is 0 Å². The van der Waals surface area contributed by atoms with E-state index in [0.717, 1.165) is 5.75 Å². The molecule has 96 valence electrons. The van der Waals surface area contributed by atoms with E-state index in [-0.39, 0.29) is 18.4 Å². The molecule has 0 fully saturated rings. The van der Waals surface area contributed by atoms with Crippen molar-refractivity contribution in [1.29, 1.82) is 0 Å². The molecule has 1 atom stereocenters. The molecule has 17 heavy (non-hydrogen) atoms. The van der Waals surface area contributed by atoms with Crippen molar-refractivity contribution in [2.45, 2.75) is 18.7 Å². The van der Waals surface area contributed by atoms with Crippen molar-refractivity contribution >= 4 is 30.1 Å². The van der Waals surface area contributed by atoms with Gasteiger partial charge in [-0.3, -0.25) is 4.79 Å². The highest BCUT2D eigenvalue weighted by Crippen LogP contribution is 2.13. The third kappa shape index (κ3) is 5.96. The lowest BCUT2D eigenvalue weighted by molar-refractivity contribution is -0.141. The van der Waals surface area contributed by atoms with Crippen molar-refractivity contribution in [3.8, 4) is 0 Å². The zero-order valence-corrected chi connectivity index (χ0v) is 11.6. The minimum absolute atomic E-state index is 0. The lowest BCUT2D eigenvalue weighted by atomic mass is 10.2. The number of hydrogen-bond acceptors (Lipinski definition) is 4. The zero-order chi connectivity index (χ0) is 12.0. The van der Waals surface area contributed by atoms with Gasteiger partial charge >= 0.3 is 5.97 Å². The molecule has 0 saturated heterocycles. The summed E-state index contributed by atoms with van der Waals surface area (Å²) in [7, 11) is 1.35. The minimum atomic E-state index is -0.527. The van der Waals surface area contributed by atoms with Crippen LogP contribution in [0, 0.1) is 6.92 Å². The molecule has 0 bridgehead atoms. The highest BCUT2D eigenvalue weighted by Gasteiger charge is 2.12. The number of rotatable bonds is 5. The fourth-order valence-corrected chi connectivity index (χ4v) is 2.14. The van der Waals surface area contributed by atoms with Crippen molar-refractivity contribution in [3.05, 3.63) is 35.4 Å². The van der Waals surface area contributed by atoms with Crippen molar-refractivity contribution in [2.24, 2.45) is 5.73 Å². The number of nitrogens with two attached hydrogens (primary N) is 1. The fraction of sp³-hybridized carbons (Fsp3) is 0.417. The lowest BCUT2D eigenvalue weighted by Crippen LogP contribution is -2.33. The molecule has 0 saturated carbocycles. The number of benzene rings is 1. The van der Waals surface area contributed by atoms with Crippen molar-refractivity contribution in [3.63, 3.8) is 0 Å². The second-order valence-electron chi connectivity index (χ2n) is 3.63. The summed E-state index contributed by atoms with van der Waals surface area (Å²) in [6, 6.07) is 7.81. The topological polar surface area (TPSA) is 52.3 Å². The molecule has 0 aliphatic heterocycles. The van der Waals surface area contributed by atoms with Crippen LogP contribution in [0.2, 0.25) is 0 Å². The Balaban J connectivity index is 0.00000256. The van der Waals surface area contributed by atoms with E-state index in [9.17, 15) is 4.79 Å². The van der Waals surface area contributed by atoms with Crippen LogP contribution in [-0.2, 0) is 15.3 Å². The van der Waals surface area contributed by atoms with Crippen LogP contribution in [0.5, 0.6) is 0 Å². The van der Waals surface area contributed by atoms with Crippen LogP contribution in [0.4, 0.5) is 0 Å². The summed E-state index contributed by atoms with van der Waals surface area (Å²) in [5, 5.41) is 0. The molecule has 5 heteroatoms. The second kappa shape index (κ2) is 8.39. The van der Waals surface area contributed by atoms with Gasteiger partial charge in [-0.1, -0.05) is 29.8 Å². The average molecular weight is 276 g/mol. The van der Waals surface area contributed by atoms with Gasteiger partial charge in [0, 0.05) is 11.5 Å². The maximum Gasteiger partial charge on any atom is 0.323 e. The first kappa shape index (κ1) is 16.3. The SMILES string of the molecule is COC(=O)[C@@H](N)CSCc1ccc(C)cc1.Cl. The predicted molar refractivity (Wildman–Crippen MR) is 74.6 cm³/mol. The number of methoxy groups -OCH3 is 1. The molecule has 0 unspecified atom stereocenters. The molecular weight excluding hydrogens is 258 g/mol. The van der Waals surface area contributed by atoms with Crippen molar-refractivity contribution < 1.29 is 9.53 Å². The molecule has 0 amide bonds. The highest BCUT2D eigenvalue weighted by molar-refractivity contribution is 7.98. The van der Waals surface area contributed by atoms with Crippen LogP contribution >= 0.6 is 24.2 Å². The average Bonchev–Trinajstić information content (AvgIpc) is 2.30. The number of halogens is 1. The number of hydrogen-bond donors (Lipinski definition) is 1. The minimum Gasteiger partial charge on any atom is -0.468 e. The summed E-state index contributed by atoms with van der Waals surface area (Å²) in [5.41, 5.74) is 8.11. The molecule has 0 spiro atoms. The van der Waals surface area contributed by atoms with E-state index in [4.69, 9.17) is 5.73 Å². The smallest absolute Gasteiger partial charge is 0.323 e. The van der Waals surface area contributed by atoms with Crippen LogP contribution < -0.4 is 5.73 Å². The van der Waals surface area contributed by atoms with Crippen LogP contribution in [0.1, 0.15) is 11.1 Å². The Morgan fingerprint density at radius 3 is 2.53 bits per heavy atom. The van der Waals surface area contributed by atoms with Gasteiger partial charge in [0.15, 0.2) is 0 Å². The van der Waals surface area contributed by atoms with E-state index in [1.807, 2.05) is 0 Å². The quantitative estimate of drug-likeness (QED) is 0.837. The Kier molecular flexibility index (Phi) is 8.04. The number of carbonyl (C=O) groups excluding carboxylic acids is 1. The first-order valence-electron chi connectivity index (χ1n) is 5.10. The molecule has 3 nitrogen and oxygen atoms in total. The second-order valence-corrected chi connectivity index (χ2v) is 4.66. The Bertz CT molecular complexity index is 343. The third-order valence-corrected chi connectivity index (χ3v) is 3.32. The maximum absolute atomic E-state index is 11.0. The summed E-state index contributed by atoms with van der Waals surface area (Å²) >= 11 is 1.64. The first-order valence-corrected chi connectivity index (χ1v) is 6.25. The summed E-state index contributed by atoms with van der Waals surface area (Å²) in [5.74, 6) is 1.10. The monoisotopic (exact) mass is 275 g/mol. The van der Waals surface area contributed by atoms with Gasteiger partial charge in [-0.15, -0.1) is 12.4 Å². The molecule has 0 aliphatic carbocycles. The largest absolute Gasteiger partial charge is 0.468 e. The van der Waals surface area contributed by atoms with Gasteiger partial charge in [0.05, 0.1) is 7.11 Å². The molecule has 0 heterocycles. The normalized spacial score (nSPS) is 11.5. The summed E-state index contributed by atoms with van der Waals surface area (Å²) in [4.78, 5) is 11.0. The third-order valence-electron chi connectivity index (χ3n) is 2.19. The van der Waals surface area contributed by atoms with E-state index in [1.165, 1.54) is 18.2 Å². The number of esters is 1. The molecular formula is C12H18ClNO2S. The number of thioether (sulfide) groups is 1. The van der Waals surface area contributed by atoms with Crippen LogP contribution in [-0.4, -0.2) is 24.9 Å². The van der Waals surface area contributed by atoms with Crippen LogP contribution in [0.25, 0.3) is 0 Å². The number of ether oxygens (including phenoxy) is 1. The molecule has 0 radical (unpaired) electrons. The highest BCUT2D eigenvalue weighted by atomic mass is 35.5. The molecule has 1 aromatic carbocycles. The summed E-state index contributed by atoms with van der Waals surface area (Å²) in [6.45, 7) is 2.06. The Morgan fingerprint density at radius 2 is 2.00 bits per heavy atom. The van der Waals surface area contributed by atoms with Gasteiger partial charge in [0.1, 0.15) is 6.04 Å². The molecule has 2 N–H and O–H groups in total. The molecule has 0 aromatic heterocycles. The number of carbonyl (C=O) groups is 1. The van der Waals surface area contributed by atoms with Crippen molar-refractivity contribution in [2.75, 3.05) is 12.9 Å². The van der Waals surface area contributed by atoms with Gasteiger partial charge in [0.25, 0.3) is 0 Å². The zero-order valence-electron chi connectivity index (χ0n) is 10.0. The Labute approximate surface area is 113 Å². The van der Waals surface area contributed by atoms with Gasteiger partial charge in [-0.05, 0) is 12.5 Å². The van der Waals surface area contributed by atoms with E-state index < -0.39 is 6.04 Å². The summed E-state index contributed by atoms with van der Waals surface area (Å²) in [6.07, 6.45) is 0. The van der Waals surface area contributed by atoms with Gasteiger partial charge in [0.2, 0.25) is 0 Å². The lowest BCUT2D eigenvalue weighted by Gasteiger charge is -2.08. The summed E-state index contributed by atoms with van der Waals surface area (Å²) < 4.78 is 4.55. The fourth-order valence-electron chi connectivity index (χ4n) is 1.21. The number of aryl methyl sites for hydroxylation is 1. The van der Waals surface area contributed by atoms with Crippen LogP contribution in [0.15, 0.2) is 24.3 Å². The van der Waals surface area contributed by atoms with E-state index in [1.54, 1.807) is 11.8 Å². The van der Waals surface area contributed by atoms with Crippen LogP contribution in [0.3, 0.4) is 0 Å². The van der Waals surface area contributed by atoms with Gasteiger partial charge in [-0.25, -0.2) is 0 Å². The van der Waals surface area contributed by atoms with E-state index >= 15 is 0 Å². The molecule has 1 aromatic rings. The van der Waals surface area contributed by atoms with Gasteiger partial charge in [-0.2, -0.15) is 11.8 Å². The van der Waals surface area contributed by atoms with E-state index in [0.29, 0.717) is 5.75 Å².